The number of β-lactam (4-membered cyclic amide) rings is 1. The number of hydrogen-bond donors (Lipinski definition) is 2. The SMILES string of the molecule is CC[C@H](C)[C@H](NC(=O)N1CCC2(CC1)C(=O)N(c1cccc(F)c1)C2c1ccc(Cl)cc1)C(=O)NC. The molecule has 4 rings (SSSR count). The van der Waals surface area contributed by atoms with Crippen molar-refractivity contribution in [2.24, 2.45) is 11.3 Å². The summed E-state index contributed by atoms with van der Waals surface area (Å²) in [5.74, 6) is -0.730. The molecule has 3 atom stereocenters. The Morgan fingerprint density at radius 2 is 1.83 bits per heavy atom. The van der Waals surface area contributed by atoms with Crippen LogP contribution in [0.3, 0.4) is 0 Å². The molecule has 2 heterocycles. The summed E-state index contributed by atoms with van der Waals surface area (Å²) in [4.78, 5) is 42.3. The van der Waals surface area contributed by atoms with E-state index in [2.05, 4.69) is 10.6 Å². The number of hydrogen-bond acceptors (Lipinski definition) is 3. The lowest BCUT2D eigenvalue weighted by Crippen LogP contribution is -2.67. The zero-order valence-electron chi connectivity index (χ0n) is 20.8. The average Bonchev–Trinajstić information content (AvgIpc) is 2.89. The van der Waals surface area contributed by atoms with Crippen LogP contribution in [0.25, 0.3) is 0 Å². The number of amides is 4. The lowest BCUT2D eigenvalue weighted by Gasteiger charge is -2.59. The molecule has 0 aliphatic carbocycles. The number of piperidine rings is 1. The van der Waals surface area contributed by atoms with Crippen LogP contribution in [0.5, 0.6) is 0 Å². The molecule has 2 aliphatic heterocycles. The number of benzene rings is 2. The van der Waals surface area contributed by atoms with Crippen molar-refractivity contribution in [1.29, 1.82) is 0 Å². The highest BCUT2D eigenvalue weighted by molar-refractivity contribution is 6.30. The van der Waals surface area contributed by atoms with E-state index in [9.17, 15) is 18.8 Å². The first-order valence-corrected chi connectivity index (χ1v) is 12.7. The highest BCUT2D eigenvalue weighted by atomic mass is 35.5. The van der Waals surface area contributed by atoms with Gasteiger partial charge in [-0.1, -0.05) is 50.1 Å². The molecule has 2 N–H and O–H groups in total. The van der Waals surface area contributed by atoms with Crippen molar-refractivity contribution < 1.29 is 18.8 Å². The topological polar surface area (TPSA) is 81.8 Å². The van der Waals surface area contributed by atoms with E-state index in [0.29, 0.717) is 36.6 Å². The molecule has 1 unspecified atom stereocenters. The molecule has 0 bridgehead atoms. The highest BCUT2D eigenvalue weighted by Crippen LogP contribution is 2.57. The number of carbonyl (C=O) groups is 3. The van der Waals surface area contributed by atoms with E-state index in [0.717, 1.165) is 12.0 Å². The second-order valence-electron chi connectivity index (χ2n) is 9.68. The van der Waals surface area contributed by atoms with Crippen molar-refractivity contribution in [3.05, 3.63) is 64.9 Å². The summed E-state index contributed by atoms with van der Waals surface area (Å²) >= 11 is 6.11. The fourth-order valence-electron chi connectivity index (χ4n) is 5.34. The van der Waals surface area contributed by atoms with Gasteiger partial charge in [0.25, 0.3) is 0 Å². The van der Waals surface area contributed by atoms with Crippen LogP contribution in [0.2, 0.25) is 5.02 Å². The third kappa shape index (κ3) is 4.66. The van der Waals surface area contributed by atoms with Crippen LogP contribution in [0, 0.1) is 17.2 Å². The second kappa shape index (κ2) is 10.5. The number of nitrogens with one attached hydrogen (secondary N) is 2. The van der Waals surface area contributed by atoms with Gasteiger partial charge in [0.2, 0.25) is 11.8 Å². The molecule has 0 radical (unpaired) electrons. The van der Waals surface area contributed by atoms with Crippen LogP contribution in [0.1, 0.15) is 44.7 Å². The maximum Gasteiger partial charge on any atom is 0.318 e. The molecule has 0 aromatic heterocycles. The smallest absolute Gasteiger partial charge is 0.318 e. The molecular weight excluding hydrogens is 483 g/mol. The van der Waals surface area contributed by atoms with Crippen LogP contribution in [0.15, 0.2) is 48.5 Å². The summed E-state index contributed by atoms with van der Waals surface area (Å²) < 4.78 is 14.0. The van der Waals surface area contributed by atoms with E-state index in [1.807, 2.05) is 26.0 Å². The Hall–Kier alpha value is -3.13. The minimum atomic E-state index is -0.701. The predicted octanol–water partition coefficient (Wildman–Crippen LogP) is 4.52. The summed E-state index contributed by atoms with van der Waals surface area (Å²) in [6, 6.07) is 12.2. The number of halogens is 2. The molecule has 1 spiro atoms. The van der Waals surface area contributed by atoms with Crippen molar-refractivity contribution in [2.45, 2.75) is 45.2 Å². The minimum Gasteiger partial charge on any atom is -0.357 e. The molecule has 9 heteroatoms. The van der Waals surface area contributed by atoms with Crippen molar-refractivity contribution in [3.8, 4) is 0 Å². The van der Waals surface area contributed by atoms with E-state index < -0.39 is 17.3 Å². The Labute approximate surface area is 216 Å². The summed E-state index contributed by atoms with van der Waals surface area (Å²) in [7, 11) is 1.55. The fraction of sp³-hybridized carbons (Fsp3) is 0.444. The molecule has 2 fully saturated rings. The molecule has 2 aromatic carbocycles. The van der Waals surface area contributed by atoms with E-state index in [1.165, 1.54) is 12.1 Å². The Kier molecular flexibility index (Phi) is 7.54. The molecule has 192 valence electrons. The lowest BCUT2D eigenvalue weighted by molar-refractivity contribution is -0.144. The number of carbonyl (C=O) groups excluding carboxylic acids is 3. The summed E-state index contributed by atoms with van der Waals surface area (Å²) in [6.45, 7) is 4.65. The first kappa shape index (κ1) is 25.9. The Morgan fingerprint density at radius 3 is 2.42 bits per heavy atom. The molecular formula is C27H32ClFN4O3. The number of nitrogens with zero attached hydrogens (tertiary/aromatic N) is 2. The van der Waals surface area contributed by atoms with Gasteiger partial charge in [-0.3, -0.25) is 9.59 Å². The normalized spacial score (nSPS) is 20.5. The van der Waals surface area contributed by atoms with Crippen molar-refractivity contribution in [1.82, 2.24) is 15.5 Å². The van der Waals surface area contributed by atoms with Gasteiger partial charge in [-0.25, -0.2) is 9.18 Å². The first-order chi connectivity index (χ1) is 17.2. The van der Waals surface area contributed by atoms with Crippen LogP contribution >= 0.6 is 11.6 Å². The van der Waals surface area contributed by atoms with E-state index in [-0.39, 0.29) is 29.8 Å². The van der Waals surface area contributed by atoms with Gasteiger partial charge in [0.15, 0.2) is 0 Å². The Bertz CT molecular complexity index is 1130. The van der Waals surface area contributed by atoms with Crippen molar-refractivity contribution in [2.75, 3.05) is 25.0 Å². The number of likely N-dealkylation sites (N-methyl/N-ethyl adjacent to an activating group) is 1. The average molecular weight is 515 g/mol. The third-order valence-electron chi connectivity index (χ3n) is 7.66. The number of urea groups is 1. The zero-order valence-corrected chi connectivity index (χ0v) is 21.5. The molecule has 36 heavy (non-hydrogen) atoms. The van der Waals surface area contributed by atoms with Gasteiger partial charge >= 0.3 is 6.03 Å². The van der Waals surface area contributed by atoms with Gasteiger partial charge < -0.3 is 20.4 Å². The lowest BCUT2D eigenvalue weighted by atomic mass is 9.62. The van der Waals surface area contributed by atoms with Gasteiger partial charge in [0.1, 0.15) is 11.9 Å². The predicted molar refractivity (Wildman–Crippen MR) is 137 cm³/mol. The number of anilines is 1. The number of likely N-dealkylation sites (tertiary alicyclic amines) is 1. The quantitative estimate of drug-likeness (QED) is 0.556. The van der Waals surface area contributed by atoms with Crippen LogP contribution in [-0.2, 0) is 9.59 Å². The molecule has 2 aliphatic rings. The van der Waals surface area contributed by atoms with Crippen molar-refractivity contribution in [3.63, 3.8) is 0 Å². The van der Waals surface area contributed by atoms with Crippen LogP contribution < -0.4 is 15.5 Å². The van der Waals surface area contributed by atoms with E-state index in [1.54, 1.807) is 41.1 Å². The summed E-state index contributed by atoms with van der Waals surface area (Å²) in [6.07, 6.45) is 1.67. The first-order valence-electron chi connectivity index (χ1n) is 12.3. The molecule has 0 saturated carbocycles. The molecule has 2 aromatic rings. The summed E-state index contributed by atoms with van der Waals surface area (Å²) in [5.41, 5.74) is 0.721. The van der Waals surface area contributed by atoms with Gasteiger partial charge in [0, 0.05) is 30.8 Å². The molecule has 4 amide bonds. The Balaban J connectivity index is 1.54. The monoisotopic (exact) mass is 514 g/mol. The standard InChI is InChI=1S/C27H32ClFN4O3/c1-4-17(2)22(24(34)30-3)31-26(36)32-14-12-27(13-15-32)23(18-8-10-19(28)11-9-18)33(25(27)35)21-7-5-6-20(29)16-21/h5-11,16-17,22-23H,4,12-15H2,1-3H3,(H,30,34)(H,31,36)/t17-,22-,23?/m0/s1. The maximum absolute atomic E-state index is 14.0. The van der Waals surface area contributed by atoms with Crippen LogP contribution in [0.4, 0.5) is 14.9 Å². The second-order valence-corrected chi connectivity index (χ2v) is 10.1. The van der Waals surface area contributed by atoms with Gasteiger partial charge in [0.05, 0.1) is 11.5 Å². The van der Waals surface area contributed by atoms with Gasteiger partial charge in [-0.05, 0) is 54.7 Å². The molecule has 2 saturated heterocycles. The minimum absolute atomic E-state index is 0.0210. The van der Waals surface area contributed by atoms with Crippen LogP contribution in [-0.4, -0.2) is 48.9 Å². The van der Waals surface area contributed by atoms with E-state index in [4.69, 9.17) is 11.6 Å². The van der Waals surface area contributed by atoms with Gasteiger partial charge in [-0.2, -0.15) is 0 Å². The Morgan fingerprint density at radius 1 is 1.17 bits per heavy atom. The number of rotatable bonds is 6. The summed E-state index contributed by atoms with van der Waals surface area (Å²) in [5, 5.41) is 6.09. The maximum atomic E-state index is 14.0. The third-order valence-corrected chi connectivity index (χ3v) is 7.91. The van der Waals surface area contributed by atoms with Crippen molar-refractivity contribution >= 4 is 35.1 Å². The fourth-order valence-corrected chi connectivity index (χ4v) is 5.46. The largest absolute Gasteiger partial charge is 0.357 e. The van der Waals surface area contributed by atoms with Gasteiger partial charge in [-0.15, -0.1) is 0 Å². The van der Waals surface area contributed by atoms with E-state index >= 15 is 0 Å². The molecule has 7 nitrogen and oxygen atoms in total. The zero-order chi connectivity index (χ0) is 26.0. The highest BCUT2D eigenvalue weighted by Gasteiger charge is 2.62.